The van der Waals surface area contributed by atoms with Crippen LogP contribution < -0.4 is 0 Å². The monoisotopic (exact) mass is 666 g/mol. The number of phosphoric ester groups is 1. The van der Waals surface area contributed by atoms with E-state index in [0.717, 1.165) is 32.1 Å². The van der Waals surface area contributed by atoms with Crippen LogP contribution in [0, 0.1) is 0 Å². The van der Waals surface area contributed by atoms with Gasteiger partial charge >= 0.3 is 13.8 Å². The third-order valence-corrected chi connectivity index (χ3v) is 8.99. The summed E-state index contributed by atoms with van der Waals surface area (Å²) in [5.74, 6) is -0.381. The molecule has 1 unspecified atom stereocenters. The maximum Gasteiger partial charge on any atom is 0.472 e. The highest BCUT2D eigenvalue weighted by molar-refractivity contribution is 7.47. The minimum Gasteiger partial charge on any atom is -0.457 e. The second-order valence-corrected chi connectivity index (χ2v) is 14.1. The molecule has 0 aliphatic heterocycles. The molecule has 0 aliphatic rings. The molecule has 0 saturated carbocycles. The topological polar surface area (TPSA) is 132 Å². The van der Waals surface area contributed by atoms with Crippen LogP contribution in [0.2, 0.25) is 0 Å². The SMILES string of the molecule is CCCCCCCCCCCCCCOC[C@H](COP(=O)(O)OC[C@@H](O)CO)OC(=O)CCCCCCCCCCCCCC. The largest absolute Gasteiger partial charge is 0.472 e. The van der Waals surface area contributed by atoms with E-state index in [-0.39, 0.29) is 25.6 Å². The van der Waals surface area contributed by atoms with Crippen LogP contribution in [0.5, 0.6) is 0 Å². The van der Waals surface area contributed by atoms with Gasteiger partial charge in [-0.2, -0.15) is 0 Å². The first-order chi connectivity index (χ1) is 21.8. The Bertz CT molecular complexity index is 680. The molecule has 0 saturated heterocycles. The van der Waals surface area contributed by atoms with Gasteiger partial charge in [0, 0.05) is 13.0 Å². The normalized spacial score (nSPS) is 14.3. The van der Waals surface area contributed by atoms with Crippen molar-refractivity contribution in [2.75, 3.05) is 33.0 Å². The summed E-state index contributed by atoms with van der Waals surface area (Å²) in [5.41, 5.74) is 0. The number of aliphatic hydroxyl groups is 2. The third kappa shape index (κ3) is 33.2. The van der Waals surface area contributed by atoms with Gasteiger partial charge < -0.3 is 24.6 Å². The highest BCUT2D eigenvalue weighted by atomic mass is 31.2. The van der Waals surface area contributed by atoms with Crippen LogP contribution in [0.3, 0.4) is 0 Å². The van der Waals surface area contributed by atoms with E-state index in [9.17, 15) is 19.4 Å². The van der Waals surface area contributed by atoms with Crippen LogP contribution in [-0.2, 0) is 27.9 Å². The second kappa shape index (κ2) is 33.4. The van der Waals surface area contributed by atoms with Gasteiger partial charge in [0.1, 0.15) is 12.2 Å². The number of phosphoric acid groups is 1. The molecule has 0 spiro atoms. The lowest BCUT2D eigenvalue weighted by molar-refractivity contribution is -0.154. The molecule has 0 bridgehead atoms. The molecular formula is C35H71O9P. The van der Waals surface area contributed by atoms with Crippen molar-refractivity contribution >= 4 is 13.8 Å². The standard InChI is InChI=1S/C35H71O9P/c1-3-5-7-9-11-13-15-17-19-21-23-25-27-35(38)44-34(32-43-45(39,40)42-30-33(37)29-36)31-41-28-26-24-22-20-18-16-14-12-10-8-6-4-2/h33-34,36-37H,3-32H2,1-2H3,(H,39,40)/t33-,34+/m0/s1. The molecule has 45 heavy (non-hydrogen) atoms. The van der Waals surface area contributed by atoms with Crippen molar-refractivity contribution in [3.8, 4) is 0 Å². The number of aliphatic hydroxyl groups excluding tert-OH is 2. The summed E-state index contributed by atoms with van der Waals surface area (Å²) in [6.45, 7) is 3.53. The van der Waals surface area contributed by atoms with Crippen LogP contribution in [0.15, 0.2) is 0 Å². The minimum absolute atomic E-state index is 0.0570. The van der Waals surface area contributed by atoms with E-state index in [4.69, 9.17) is 23.6 Å². The summed E-state index contributed by atoms with van der Waals surface area (Å²) in [6, 6.07) is 0. The Labute approximate surface area is 276 Å². The van der Waals surface area contributed by atoms with Gasteiger partial charge in [0.05, 0.1) is 26.4 Å². The van der Waals surface area contributed by atoms with Crippen LogP contribution in [0.4, 0.5) is 0 Å². The quantitative estimate of drug-likeness (QED) is 0.0340. The average molecular weight is 667 g/mol. The summed E-state index contributed by atoms with van der Waals surface area (Å²) in [6.07, 6.45) is 27.7. The van der Waals surface area contributed by atoms with Crippen molar-refractivity contribution in [1.82, 2.24) is 0 Å². The van der Waals surface area contributed by atoms with E-state index in [1.807, 2.05) is 0 Å². The van der Waals surface area contributed by atoms with E-state index < -0.39 is 33.2 Å². The lowest BCUT2D eigenvalue weighted by Gasteiger charge is -2.20. The van der Waals surface area contributed by atoms with E-state index in [1.54, 1.807) is 0 Å². The summed E-state index contributed by atoms with van der Waals surface area (Å²) < 4.78 is 33.2. The Morgan fingerprint density at radius 3 is 1.44 bits per heavy atom. The fourth-order valence-corrected chi connectivity index (χ4v) is 5.97. The van der Waals surface area contributed by atoms with Crippen molar-refractivity contribution in [1.29, 1.82) is 0 Å². The first-order valence-electron chi connectivity index (χ1n) is 18.5. The lowest BCUT2D eigenvalue weighted by Crippen LogP contribution is -2.29. The summed E-state index contributed by atoms with van der Waals surface area (Å²) in [4.78, 5) is 22.4. The van der Waals surface area contributed by atoms with Crippen LogP contribution in [0.25, 0.3) is 0 Å². The Morgan fingerprint density at radius 2 is 1.00 bits per heavy atom. The van der Waals surface area contributed by atoms with Crippen molar-refractivity contribution in [2.24, 2.45) is 0 Å². The number of unbranched alkanes of at least 4 members (excludes halogenated alkanes) is 22. The molecule has 0 aromatic carbocycles. The predicted octanol–water partition coefficient (Wildman–Crippen LogP) is 9.19. The van der Waals surface area contributed by atoms with E-state index in [1.165, 1.54) is 122 Å². The Morgan fingerprint density at radius 1 is 0.600 bits per heavy atom. The zero-order valence-corrected chi connectivity index (χ0v) is 30.0. The minimum atomic E-state index is -4.50. The predicted molar refractivity (Wildman–Crippen MR) is 182 cm³/mol. The first kappa shape index (κ1) is 44.5. The van der Waals surface area contributed by atoms with Crippen LogP contribution in [-0.4, -0.2) is 66.3 Å². The van der Waals surface area contributed by atoms with E-state index in [2.05, 4.69) is 13.8 Å². The number of esters is 1. The smallest absolute Gasteiger partial charge is 0.457 e. The lowest BCUT2D eigenvalue weighted by atomic mass is 10.0. The zero-order valence-electron chi connectivity index (χ0n) is 29.1. The van der Waals surface area contributed by atoms with Gasteiger partial charge in [-0.25, -0.2) is 4.57 Å². The summed E-state index contributed by atoms with van der Waals surface area (Å²) >= 11 is 0. The van der Waals surface area contributed by atoms with Gasteiger partial charge in [-0.05, 0) is 12.8 Å². The molecule has 3 N–H and O–H groups in total. The number of rotatable bonds is 36. The maximum absolute atomic E-state index is 12.5. The van der Waals surface area contributed by atoms with Gasteiger partial charge in [0.15, 0.2) is 0 Å². The number of carbonyl (C=O) groups excluding carboxylic acids is 1. The molecule has 0 heterocycles. The zero-order chi connectivity index (χ0) is 33.3. The summed E-state index contributed by atoms with van der Waals surface area (Å²) in [5, 5.41) is 18.2. The van der Waals surface area contributed by atoms with Crippen molar-refractivity contribution < 1.29 is 43.0 Å². The highest BCUT2D eigenvalue weighted by Gasteiger charge is 2.26. The van der Waals surface area contributed by atoms with Crippen molar-refractivity contribution in [3.05, 3.63) is 0 Å². The molecule has 0 aromatic rings. The second-order valence-electron chi connectivity index (χ2n) is 12.6. The molecule has 3 atom stereocenters. The van der Waals surface area contributed by atoms with E-state index in [0.29, 0.717) is 6.61 Å². The van der Waals surface area contributed by atoms with Crippen LogP contribution in [0.1, 0.15) is 174 Å². The highest BCUT2D eigenvalue weighted by Crippen LogP contribution is 2.43. The molecule has 0 aliphatic carbocycles. The first-order valence-corrected chi connectivity index (χ1v) is 20.0. The molecule has 270 valence electrons. The molecule has 9 nitrogen and oxygen atoms in total. The third-order valence-electron chi connectivity index (χ3n) is 8.04. The van der Waals surface area contributed by atoms with Crippen molar-refractivity contribution in [2.45, 2.75) is 187 Å². The van der Waals surface area contributed by atoms with E-state index >= 15 is 0 Å². The number of carbonyl (C=O) groups is 1. The maximum atomic E-state index is 12.5. The van der Waals surface area contributed by atoms with Gasteiger partial charge in [-0.15, -0.1) is 0 Å². The number of hydrogen-bond donors (Lipinski definition) is 3. The fourth-order valence-electron chi connectivity index (χ4n) is 5.18. The fraction of sp³-hybridized carbons (Fsp3) is 0.971. The average Bonchev–Trinajstić information content (AvgIpc) is 3.03. The molecule has 0 rings (SSSR count). The molecule has 0 amide bonds. The van der Waals surface area contributed by atoms with Crippen molar-refractivity contribution in [3.63, 3.8) is 0 Å². The molecule has 0 radical (unpaired) electrons. The number of hydrogen-bond acceptors (Lipinski definition) is 8. The summed E-state index contributed by atoms with van der Waals surface area (Å²) in [7, 11) is -4.50. The molecular weight excluding hydrogens is 595 g/mol. The Balaban J connectivity index is 4.22. The Kier molecular flexibility index (Phi) is 33.0. The van der Waals surface area contributed by atoms with Gasteiger partial charge in [-0.3, -0.25) is 13.8 Å². The van der Waals surface area contributed by atoms with Crippen LogP contribution >= 0.6 is 7.82 Å². The van der Waals surface area contributed by atoms with Gasteiger partial charge in [0.2, 0.25) is 0 Å². The molecule has 0 aromatic heterocycles. The number of ether oxygens (including phenoxy) is 2. The molecule has 10 heteroatoms. The van der Waals surface area contributed by atoms with Gasteiger partial charge in [-0.1, -0.05) is 155 Å². The Hall–Kier alpha value is -0.540. The molecule has 0 fully saturated rings. The van der Waals surface area contributed by atoms with Gasteiger partial charge in [0.25, 0.3) is 0 Å².